The number of rotatable bonds is 12. The zero-order valence-corrected chi connectivity index (χ0v) is 23.5. The molecule has 0 bridgehead atoms. The number of sulfonamides is 1. The monoisotopic (exact) mass is 557 g/mol. The number of benzene rings is 1. The molecule has 2 aromatic rings. The molecule has 0 spiro atoms. The van der Waals surface area contributed by atoms with Crippen molar-refractivity contribution in [3.8, 4) is 16.9 Å². The van der Waals surface area contributed by atoms with E-state index in [1.165, 1.54) is 13.1 Å². The molecule has 38 heavy (non-hydrogen) atoms. The molecule has 204 valence electrons. The first kappa shape index (κ1) is 27.3. The minimum atomic E-state index is -3.68. The first-order valence-corrected chi connectivity index (χ1v) is 15.2. The molecule has 3 N–H and O–H groups in total. The number of nitrogens with one attached hydrogen (secondary N) is 1. The van der Waals surface area contributed by atoms with E-state index in [1.54, 1.807) is 12.3 Å². The van der Waals surface area contributed by atoms with E-state index in [1.807, 2.05) is 30.5 Å². The molecule has 3 aliphatic carbocycles. The standard InChI is InChI=1S/C29H36ClN3O4S/c1-3-4-7-23-25(29(30,31)14-12-27(23)38(34,35)32-2)19-36-28(15-16-28)24-18-33-17-13-21(24)22-8-5-6-9-26(22)37-20-10-11-20/h5-6,8-9,12-14,17-18,20,25,32H,3-4,7,10-11,15-16,19,31H2,1-2H3. The van der Waals surface area contributed by atoms with Crippen LogP contribution in [-0.2, 0) is 20.4 Å². The number of halogens is 1. The van der Waals surface area contributed by atoms with Crippen LogP contribution >= 0.6 is 11.6 Å². The molecule has 5 rings (SSSR count). The zero-order chi connectivity index (χ0) is 27.0. The second-order valence-corrected chi connectivity index (χ2v) is 13.0. The van der Waals surface area contributed by atoms with E-state index in [0.29, 0.717) is 12.0 Å². The van der Waals surface area contributed by atoms with E-state index in [-0.39, 0.29) is 17.6 Å². The summed E-state index contributed by atoms with van der Waals surface area (Å²) in [6, 6.07) is 10.1. The Kier molecular flexibility index (Phi) is 7.73. The number of aromatic nitrogens is 1. The topological polar surface area (TPSA) is 104 Å². The highest BCUT2D eigenvalue weighted by Gasteiger charge is 2.50. The van der Waals surface area contributed by atoms with Gasteiger partial charge in [0.25, 0.3) is 0 Å². The number of hydrogen-bond donors (Lipinski definition) is 2. The molecule has 1 heterocycles. The summed E-state index contributed by atoms with van der Waals surface area (Å²) in [7, 11) is -2.26. The molecule has 2 saturated carbocycles. The second-order valence-electron chi connectivity index (χ2n) is 10.5. The van der Waals surface area contributed by atoms with Gasteiger partial charge in [0, 0.05) is 29.4 Å². The minimum absolute atomic E-state index is 0.195. The largest absolute Gasteiger partial charge is 0.490 e. The number of para-hydroxylation sites is 1. The maximum Gasteiger partial charge on any atom is 0.240 e. The zero-order valence-electron chi connectivity index (χ0n) is 22.0. The van der Waals surface area contributed by atoms with Gasteiger partial charge >= 0.3 is 0 Å². The lowest BCUT2D eigenvalue weighted by atomic mass is 9.84. The third kappa shape index (κ3) is 5.56. The van der Waals surface area contributed by atoms with Crippen LogP contribution in [0.25, 0.3) is 11.1 Å². The summed E-state index contributed by atoms with van der Waals surface area (Å²) < 4.78 is 41.1. The van der Waals surface area contributed by atoms with Crippen LogP contribution < -0.4 is 15.2 Å². The lowest BCUT2D eigenvalue weighted by Gasteiger charge is -2.36. The van der Waals surface area contributed by atoms with Crippen molar-refractivity contribution in [1.29, 1.82) is 0 Å². The second kappa shape index (κ2) is 10.7. The smallest absolute Gasteiger partial charge is 0.240 e. The fourth-order valence-electron chi connectivity index (χ4n) is 5.13. The van der Waals surface area contributed by atoms with E-state index in [4.69, 9.17) is 26.8 Å². The Morgan fingerprint density at radius 1 is 1.18 bits per heavy atom. The Hall–Kier alpha value is -2.23. The van der Waals surface area contributed by atoms with Gasteiger partial charge in [-0.05, 0) is 81.0 Å². The van der Waals surface area contributed by atoms with Gasteiger partial charge in [-0.1, -0.05) is 43.1 Å². The van der Waals surface area contributed by atoms with E-state index < -0.39 is 26.5 Å². The number of unbranched alkanes of at least 4 members (excludes halogenated alkanes) is 1. The van der Waals surface area contributed by atoms with Crippen LogP contribution in [0.3, 0.4) is 0 Å². The third-order valence-electron chi connectivity index (χ3n) is 7.66. The van der Waals surface area contributed by atoms with Crippen molar-refractivity contribution in [3.63, 3.8) is 0 Å². The van der Waals surface area contributed by atoms with Crippen molar-refractivity contribution in [2.24, 2.45) is 11.7 Å². The van der Waals surface area contributed by atoms with Gasteiger partial charge in [-0.3, -0.25) is 4.98 Å². The quantitative estimate of drug-likeness (QED) is 0.269. The van der Waals surface area contributed by atoms with Crippen molar-refractivity contribution in [2.75, 3.05) is 13.7 Å². The Bertz CT molecular complexity index is 1350. The van der Waals surface area contributed by atoms with Gasteiger partial charge in [-0.2, -0.15) is 0 Å². The Morgan fingerprint density at radius 3 is 2.63 bits per heavy atom. The van der Waals surface area contributed by atoms with Crippen LogP contribution in [0.5, 0.6) is 5.75 Å². The molecule has 1 aromatic carbocycles. The summed E-state index contributed by atoms with van der Waals surface area (Å²) in [6.07, 6.45) is 13.2. The van der Waals surface area contributed by atoms with Crippen molar-refractivity contribution in [2.45, 2.75) is 68.6 Å². The first-order valence-electron chi connectivity index (χ1n) is 13.4. The van der Waals surface area contributed by atoms with E-state index in [0.717, 1.165) is 61.0 Å². The molecule has 0 saturated heterocycles. The number of hydrogen-bond acceptors (Lipinski definition) is 6. The lowest BCUT2D eigenvalue weighted by Crippen LogP contribution is -2.46. The Morgan fingerprint density at radius 2 is 1.95 bits per heavy atom. The van der Waals surface area contributed by atoms with E-state index in [2.05, 4.69) is 22.7 Å². The van der Waals surface area contributed by atoms with Crippen LogP contribution in [0.15, 0.2) is 65.4 Å². The van der Waals surface area contributed by atoms with Crippen molar-refractivity contribution in [1.82, 2.24) is 9.71 Å². The van der Waals surface area contributed by atoms with Crippen LogP contribution in [0.1, 0.15) is 57.4 Å². The molecule has 9 heteroatoms. The maximum absolute atomic E-state index is 12.9. The number of ether oxygens (including phenoxy) is 2. The van der Waals surface area contributed by atoms with Gasteiger partial charge in [-0.25, -0.2) is 13.1 Å². The summed E-state index contributed by atoms with van der Waals surface area (Å²) in [5.41, 5.74) is 9.75. The van der Waals surface area contributed by atoms with Gasteiger partial charge in [0.15, 0.2) is 0 Å². The van der Waals surface area contributed by atoms with Gasteiger partial charge < -0.3 is 15.2 Å². The molecule has 7 nitrogen and oxygen atoms in total. The van der Waals surface area contributed by atoms with Gasteiger partial charge in [0.2, 0.25) is 10.0 Å². The van der Waals surface area contributed by atoms with Crippen molar-refractivity contribution < 1.29 is 17.9 Å². The highest BCUT2D eigenvalue weighted by atomic mass is 35.5. The van der Waals surface area contributed by atoms with Crippen molar-refractivity contribution >= 4 is 21.6 Å². The van der Waals surface area contributed by atoms with Gasteiger partial charge in [0.05, 0.1) is 23.2 Å². The highest BCUT2D eigenvalue weighted by Crippen LogP contribution is 2.54. The average Bonchev–Trinajstić information content (AvgIpc) is 3.84. The van der Waals surface area contributed by atoms with Crippen LogP contribution in [0.4, 0.5) is 0 Å². The van der Waals surface area contributed by atoms with Gasteiger partial charge in [-0.15, -0.1) is 0 Å². The lowest BCUT2D eigenvalue weighted by molar-refractivity contribution is 0.00844. The van der Waals surface area contributed by atoms with E-state index >= 15 is 0 Å². The molecular formula is C29H36ClN3O4S. The summed E-state index contributed by atoms with van der Waals surface area (Å²) >= 11 is 6.80. The maximum atomic E-state index is 12.9. The fourth-order valence-corrected chi connectivity index (χ4v) is 6.44. The third-order valence-corrected chi connectivity index (χ3v) is 9.56. The number of pyridine rings is 1. The average molecular weight is 558 g/mol. The van der Waals surface area contributed by atoms with Crippen LogP contribution in [0, 0.1) is 5.92 Å². The summed E-state index contributed by atoms with van der Waals surface area (Å²) in [4.78, 5) is 3.42. The van der Waals surface area contributed by atoms with Crippen LogP contribution in [-0.4, -0.2) is 38.2 Å². The molecule has 1 aromatic heterocycles. The SMILES string of the molecule is CCCCC1=C(S(=O)(=O)NC)C=CC(N)(Cl)C1COC1(c2cnccc2-c2ccccc2OC2CC2)CC1. The molecule has 0 amide bonds. The predicted octanol–water partition coefficient (Wildman–Crippen LogP) is 5.37. The Balaban J connectivity index is 1.46. The van der Waals surface area contributed by atoms with E-state index in [9.17, 15) is 8.42 Å². The summed E-state index contributed by atoms with van der Waals surface area (Å²) in [5.74, 6) is 0.367. The highest BCUT2D eigenvalue weighted by molar-refractivity contribution is 7.93. The number of nitrogens with zero attached hydrogens (tertiary/aromatic N) is 1. The molecule has 3 aliphatic rings. The first-order chi connectivity index (χ1) is 18.2. The predicted molar refractivity (Wildman–Crippen MR) is 150 cm³/mol. The molecule has 2 unspecified atom stereocenters. The number of allylic oxidation sites excluding steroid dienone is 1. The number of nitrogens with two attached hydrogens (primary N) is 1. The molecule has 0 aliphatic heterocycles. The van der Waals surface area contributed by atoms with Crippen molar-refractivity contribution in [3.05, 3.63) is 70.9 Å². The summed E-state index contributed by atoms with van der Waals surface area (Å²) in [5, 5.41) is 0. The van der Waals surface area contributed by atoms with Crippen LogP contribution in [0.2, 0.25) is 0 Å². The Labute approximate surface area is 230 Å². The molecular weight excluding hydrogens is 522 g/mol. The normalized spacial score (nSPS) is 24.5. The number of alkyl halides is 1. The summed E-state index contributed by atoms with van der Waals surface area (Å²) in [6.45, 7) is 2.27. The molecule has 2 fully saturated rings. The van der Waals surface area contributed by atoms with Gasteiger partial charge in [0.1, 0.15) is 10.7 Å². The molecule has 0 radical (unpaired) electrons. The minimum Gasteiger partial charge on any atom is -0.490 e. The molecule has 2 atom stereocenters. The fraction of sp³-hybridized carbons (Fsp3) is 0.483.